The molecule has 3 aromatic rings. The van der Waals surface area contributed by atoms with Crippen molar-refractivity contribution in [2.45, 2.75) is 52.5 Å². The van der Waals surface area contributed by atoms with Crippen molar-refractivity contribution in [2.75, 3.05) is 44.6 Å². The minimum atomic E-state index is -0.314. The number of benzene rings is 1. The van der Waals surface area contributed by atoms with Crippen molar-refractivity contribution in [2.24, 2.45) is 5.92 Å². The highest BCUT2D eigenvalue weighted by atomic mass is 35.5. The van der Waals surface area contributed by atoms with Gasteiger partial charge >= 0.3 is 0 Å². The number of aryl methyl sites for hydroxylation is 1. The van der Waals surface area contributed by atoms with Crippen LogP contribution in [0, 0.1) is 17.2 Å². The summed E-state index contributed by atoms with van der Waals surface area (Å²) in [4.78, 5) is 39.9. The fourth-order valence-corrected chi connectivity index (χ4v) is 5.80. The van der Waals surface area contributed by atoms with E-state index in [0.29, 0.717) is 53.8 Å². The number of unbranched alkanes of at least 4 members (excludes halogenated alkanes) is 1. The third kappa shape index (κ3) is 7.55. The number of likely N-dealkylation sites (tertiary alicyclic amines) is 1. The maximum atomic E-state index is 13.9. The molecule has 3 heterocycles. The van der Waals surface area contributed by atoms with Crippen molar-refractivity contribution in [3.05, 3.63) is 64.1 Å². The number of anilines is 1. The number of aromatic nitrogens is 3. The molecule has 1 amide bonds. The number of carbonyl (C=O) groups is 1. The Morgan fingerprint density at radius 3 is 2.76 bits per heavy atom. The molecule has 1 aliphatic heterocycles. The Morgan fingerprint density at radius 1 is 1.24 bits per heavy atom. The Morgan fingerprint density at radius 2 is 2.02 bits per heavy atom. The van der Waals surface area contributed by atoms with Crippen molar-refractivity contribution in [3.63, 3.8) is 0 Å². The number of piperidine rings is 1. The van der Waals surface area contributed by atoms with E-state index in [0.717, 1.165) is 57.2 Å². The van der Waals surface area contributed by atoms with E-state index in [1.807, 2.05) is 30.3 Å². The van der Waals surface area contributed by atoms with Gasteiger partial charge in [-0.2, -0.15) is 10.2 Å². The van der Waals surface area contributed by atoms with E-state index in [9.17, 15) is 9.59 Å². The molecular formula is C32H40ClN7O2. The first-order valence-electron chi connectivity index (χ1n) is 14.9. The number of nitrogens with one attached hydrogen (secondary N) is 1. The molecule has 0 bridgehead atoms. The number of carbonyl (C=O) groups excluding carboxylic acids is 1. The lowest BCUT2D eigenvalue weighted by molar-refractivity contribution is -0.128. The van der Waals surface area contributed by atoms with Crippen molar-refractivity contribution in [1.82, 2.24) is 24.3 Å². The van der Waals surface area contributed by atoms with E-state index in [4.69, 9.17) is 21.8 Å². The summed E-state index contributed by atoms with van der Waals surface area (Å²) in [6.07, 6.45) is 6.29. The summed E-state index contributed by atoms with van der Waals surface area (Å²) >= 11 is 6.50. The second-order valence-corrected chi connectivity index (χ2v) is 11.2. The number of amides is 1. The zero-order chi connectivity index (χ0) is 30.1. The van der Waals surface area contributed by atoms with E-state index in [1.54, 1.807) is 21.7 Å². The van der Waals surface area contributed by atoms with Gasteiger partial charge in [-0.25, -0.2) is 4.98 Å². The van der Waals surface area contributed by atoms with Gasteiger partial charge in [-0.15, -0.1) is 0 Å². The fraction of sp³-hybridized carbons (Fsp3) is 0.469. The Hall–Kier alpha value is -3.74. The highest BCUT2D eigenvalue weighted by Gasteiger charge is 2.25. The third-order valence-electron chi connectivity index (χ3n) is 8.03. The van der Waals surface area contributed by atoms with Gasteiger partial charge in [-0.1, -0.05) is 50.2 Å². The van der Waals surface area contributed by atoms with E-state index < -0.39 is 0 Å². The van der Waals surface area contributed by atoms with Crippen LogP contribution in [0.2, 0.25) is 5.02 Å². The maximum Gasteiger partial charge on any atom is 0.263 e. The molecule has 1 aromatic carbocycles. The van der Waals surface area contributed by atoms with Gasteiger partial charge in [0.15, 0.2) is 0 Å². The minimum Gasteiger partial charge on any atom is -0.354 e. The molecule has 10 heteroatoms. The molecule has 1 saturated heterocycles. The van der Waals surface area contributed by atoms with Crippen molar-refractivity contribution < 1.29 is 4.79 Å². The van der Waals surface area contributed by atoms with Crippen LogP contribution in [0.1, 0.15) is 46.0 Å². The summed E-state index contributed by atoms with van der Waals surface area (Å²) < 4.78 is 1.72. The van der Waals surface area contributed by atoms with Gasteiger partial charge in [0.05, 0.1) is 0 Å². The lowest BCUT2D eigenvalue weighted by Gasteiger charge is -2.32. The maximum absolute atomic E-state index is 13.9. The first-order chi connectivity index (χ1) is 20.4. The predicted molar refractivity (Wildman–Crippen MR) is 168 cm³/mol. The van der Waals surface area contributed by atoms with Crippen molar-refractivity contribution in [3.8, 4) is 17.2 Å². The molecule has 1 aliphatic rings. The van der Waals surface area contributed by atoms with E-state index in [2.05, 4.69) is 35.6 Å². The Bertz CT molecular complexity index is 1510. The Balaban J connectivity index is 1.58. The quantitative estimate of drug-likeness (QED) is 0.163. The standard InChI is InChI=1S/C32H40ClN7O2/c1-4-38(5-2)16-9-8-15-35-32-36-21-25-19-27(26-12-6-7-13-28(26)33)31(42)40(29(25)37-32)18-14-24-11-10-17-39(22-24)30(41)23(3)20-34/h6-7,12-13,19,21,24H,3-5,8-11,14-18,22H2,1-2H3,(H,35,36,37). The van der Waals surface area contributed by atoms with Gasteiger partial charge < -0.3 is 15.1 Å². The molecule has 4 rings (SSSR count). The lowest BCUT2D eigenvalue weighted by atomic mass is 9.94. The van der Waals surface area contributed by atoms with Crippen LogP contribution in [0.5, 0.6) is 0 Å². The van der Waals surface area contributed by atoms with Crippen LogP contribution < -0.4 is 10.9 Å². The highest BCUT2D eigenvalue weighted by Crippen LogP contribution is 2.28. The van der Waals surface area contributed by atoms with Crippen LogP contribution in [-0.4, -0.2) is 69.5 Å². The summed E-state index contributed by atoms with van der Waals surface area (Å²) in [6, 6.07) is 11.0. The number of hydrogen-bond acceptors (Lipinski definition) is 7. The Kier molecular flexibility index (Phi) is 11.1. The SMILES string of the molecule is C=C(C#N)C(=O)N1CCCC(CCn2c(=O)c(-c3ccccc3Cl)cc3cnc(NCCCCN(CC)CC)nc32)C1. The lowest BCUT2D eigenvalue weighted by Crippen LogP contribution is -2.40. The molecule has 1 N–H and O–H groups in total. The second kappa shape index (κ2) is 14.9. The summed E-state index contributed by atoms with van der Waals surface area (Å²) in [5, 5.41) is 13.7. The molecule has 2 aromatic heterocycles. The monoisotopic (exact) mass is 589 g/mol. The number of hydrogen-bond donors (Lipinski definition) is 1. The van der Waals surface area contributed by atoms with Crippen molar-refractivity contribution >= 4 is 34.5 Å². The van der Waals surface area contributed by atoms with E-state index >= 15 is 0 Å². The minimum absolute atomic E-state index is 0.0462. The fourth-order valence-electron chi connectivity index (χ4n) is 5.56. The van der Waals surface area contributed by atoms with E-state index in [-0.39, 0.29) is 23.0 Å². The molecule has 0 spiro atoms. The first kappa shape index (κ1) is 31.2. The molecule has 1 atom stereocenters. The third-order valence-corrected chi connectivity index (χ3v) is 8.36. The molecule has 0 saturated carbocycles. The number of nitriles is 1. The summed E-state index contributed by atoms with van der Waals surface area (Å²) in [6.45, 7) is 13.4. The average molecular weight is 590 g/mol. The number of halogens is 1. The predicted octanol–water partition coefficient (Wildman–Crippen LogP) is 5.35. The average Bonchev–Trinajstić information content (AvgIpc) is 3.02. The molecule has 222 valence electrons. The molecular weight excluding hydrogens is 550 g/mol. The van der Waals surface area contributed by atoms with Gasteiger partial charge in [-0.05, 0) is 69.8 Å². The van der Waals surface area contributed by atoms with Crippen LogP contribution in [-0.2, 0) is 11.3 Å². The van der Waals surface area contributed by atoms with Gasteiger partial charge in [0.25, 0.3) is 11.5 Å². The number of nitrogens with zero attached hydrogens (tertiary/aromatic N) is 6. The molecule has 9 nitrogen and oxygen atoms in total. The topological polar surface area (TPSA) is 107 Å². The van der Waals surface area contributed by atoms with Crippen LogP contribution in [0.25, 0.3) is 22.2 Å². The smallest absolute Gasteiger partial charge is 0.263 e. The zero-order valence-corrected chi connectivity index (χ0v) is 25.4. The second-order valence-electron chi connectivity index (χ2n) is 10.8. The largest absolute Gasteiger partial charge is 0.354 e. The highest BCUT2D eigenvalue weighted by molar-refractivity contribution is 6.33. The molecule has 42 heavy (non-hydrogen) atoms. The molecule has 1 unspecified atom stereocenters. The summed E-state index contributed by atoms with van der Waals surface area (Å²) in [5.41, 5.74) is 1.52. The molecule has 0 aliphatic carbocycles. The number of pyridine rings is 1. The Labute approximate surface area is 252 Å². The number of rotatable bonds is 13. The first-order valence-corrected chi connectivity index (χ1v) is 15.2. The normalized spacial score (nSPS) is 15.1. The molecule has 0 radical (unpaired) electrons. The molecule has 1 fully saturated rings. The van der Waals surface area contributed by atoms with Crippen LogP contribution in [0.15, 0.2) is 53.5 Å². The number of fused-ring (bicyclic) bond motifs is 1. The van der Waals surface area contributed by atoms with Crippen molar-refractivity contribution in [1.29, 1.82) is 5.26 Å². The summed E-state index contributed by atoms with van der Waals surface area (Å²) in [5.74, 6) is 0.366. The van der Waals surface area contributed by atoms with Gasteiger partial charge in [-0.3, -0.25) is 14.2 Å². The van der Waals surface area contributed by atoms with Gasteiger partial charge in [0.1, 0.15) is 17.3 Å². The van der Waals surface area contributed by atoms with Crippen LogP contribution in [0.3, 0.4) is 0 Å². The van der Waals surface area contributed by atoms with Crippen LogP contribution >= 0.6 is 11.6 Å². The van der Waals surface area contributed by atoms with E-state index in [1.165, 1.54) is 0 Å². The van der Waals surface area contributed by atoms with Gasteiger partial charge in [0, 0.05) is 53.9 Å². The van der Waals surface area contributed by atoms with Gasteiger partial charge in [0.2, 0.25) is 5.95 Å². The summed E-state index contributed by atoms with van der Waals surface area (Å²) in [7, 11) is 0. The zero-order valence-electron chi connectivity index (χ0n) is 24.6. The van der Waals surface area contributed by atoms with Crippen LogP contribution in [0.4, 0.5) is 5.95 Å².